The van der Waals surface area contributed by atoms with Gasteiger partial charge in [0.15, 0.2) is 0 Å². The van der Waals surface area contributed by atoms with E-state index in [4.69, 9.17) is 9.72 Å². The van der Waals surface area contributed by atoms with Gasteiger partial charge >= 0.3 is 6.03 Å². The second kappa shape index (κ2) is 9.37. The number of carbonyl (C=O) groups excluding carboxylic acids is 1. The Kier molecular flexibility index (Phi) is 5.89. The second-order valence-corrected chi connectivity index (χ2v) is 9.70. The Morgan fingerprint density at radius 3 is 2.81 bits per heavy atom. The molecule has 2 aliphatic heterocycles. The van der Waals surface area contributed by atoms with Crippen molar-refractivity contribution in [2.45, 2.75) is 31.8 Å². The molecule has 0 aliphatic carbocycles. The standard InChI is InChI=1S/C28H29N7O2/c1-30-28(36)34-9-6-25-23(17-34)27(26(13-29)35(25)20-7-10-37-11-8-20)21-5-3-4-18-12-24(31-15-22(18)21)19-14-32-33(2)16-19/h3-5,12,14-16,20H,6-11,17H2,1-2H3,(H,30,36). The van der Waals surface area contributed by atoms with Crippen LogP contribution in [0.2, 0.25) is 0 Å². The van der Waals surface area contributed by atoms with Gasteiger partial charge in [-0.1, -0.05) is 18.2 Å². The van der Waals surface area contributed by atoms with Crippen molar-refractivity contribution < 1.29 is 9.53 Å². The first kappa shape index (κ1) is 23.3. The van der Waals surface area contributed by atoms with E-state index < -0.39 is 0 Å². The number of aromatic nitrogens is 4. The Hall–Kier alpha value is -4.16. The highest BCUT2D eigenvalue weighted by molar-refractivity contribution is 5.99. The SMILES string of the molecule is CNC(=O)N1CCc2c(c(-c3cccc4cc(-c5cnn(C)c5)ncc34)c(C#N)n2C2CCOCC2)C1. The molecule has 5 heterocycles. The number of nitrogens with one attached hydrogen (secondary N) is 1. The van der Waals surface area contributed by atoms with E-state index in [-0.39, 0.29) is 12.1 Å². The average molecular weight is 496 g/mol. The molecular formula is C28H29N7O2. The molecule has 3 aromatic heterocycles. The van der Waals surface area contributed by atoms with Crippen molar-refractivity contribution in [3.8, 4) is 28.5 Å². The number of ether oxygens (including phenoxy) is 1. The van der Waals surface area contributed by atoms with Crippen LogP contribution in [0, 0.1) is 11.3 Å². The first-order chi connectivity index (χ1) is 18.1. The van der Waals surface area contributed by atoms with E-state index in [9.17, 15) is 10.1 Å². The second-order valence-electron chi connectivity index (χ2n) is 9.70. The number of pyridine rings is 1. The number of benzene rings is 1. The highest BCUT2D eigenvalue weighted by atomic mass is 16.5. The first-order valence-electron chi connectivity index (χ1n) is 12.7. The van der Waals surface area contributed by atoms with Crippen molar-refractivity contribution in [3.63, 3.8) is 0 Å². The van der Waals surface area contributed by atoms with E-state index in [1.807, 2.05) is 36.6 Å². The van der Waals surface area contributed by atoms with Gasteiger partial charge in [0.05, 0.1) is 11.9 Å². The molecule has 188 valence electrons. The Morgan fingerprint density at radius 1 is 1.24 bits per heavy atom. The number of urea groups is 1. The Morgan fingerprint density at radius 2 is 2.08 bits per heavy atom. The summed E-state index contributed by atoms with van der Waals surface area (Å²) in [4.78, 5) is 19.2. The van der Waals surface area contributed by atoms with Gasteiger partial charge in [-0.05, 0) is 29.9 Å². The highest BCUT2D eigenvalue weighted by Gasteiger charge is 2.33. The van der Waals surface area contributed by atoms with Crippen LogP contribution in [0.3, 0.4) is 0 Å². The van der Waals surface area contributed by atoms with Crippen LogP contribution in [-0.2, 0) is 24.8 Å². The lowest BCUT2D eigenvalue weighted by atomic mass is 9.93. The third-order valence-corrected chi connectivity index (χ3v) is 7.58. The summed E-state index contributed by atoms with van der Waals surface area (Å²) in [6.45, 7) is 2.47. The van der Waals surface area contributed by atoms with Gasteiger partial charge < -0.3 is 19.5 Å². The summed E-state index contributed by atoms with van der Waals surface area (Å²) in [6, 6.07) is 10.9. The number of carbonyl (C=O) groups is 1. The summed E-state index contributed by atoms with van der Waals surface area (Å²) in [6.07, 6.45) is 8.11. The third-order valence-electron chi connectivity index (χ3n) is 7.58. The number of nitriles is 1. The smallest absolute Gasteiger partial charge is 0.317 e. The molecule has 4 aromatic rings. The summed E-state index contributed by atoms with van der Waals surface area (Å²) >= 11 is 0. The van der Waals surface area contributed by atoms with E-state index in [0.29, 0.717) is 38.4 Å². The zero-order chi connectivity index (χ0) is 25.5. The van der Waals surface area contributed by atoms with Crippen LogP contribution < -0.4 is 5.32 Å². The van der Waals surface area contributed by atoms with Crippen LogP contribution in [0.25, 0.3) is 33.2 Å². The summed E-state index contributed by atoms with van der Waals surface area (Å²) in [7, 11) is 3.54. The molecule has 0 saturated carbocycles. The van der Waals surface area contributed by atoms with Crippen LogP contribution in [0.4, 0.5) is 4.79 Å². The minimum absolute atomic E-state index is 0.102. The molecule has 0 spiro atoms. The molecule has 0 atom stereocenters. The highest BCUT2D eigenvalue weighted by Crippen LogP contribution is 2.42. The van der Waals surface area contributed by atoms with Gasteiger partial charge in [0.25, 0.3) is 0 Å². The van der Waals surface area contributed by atoms with E-state index in [0.717, 1.165) is 57.3 Å². The normalized spacial score (nSPS) is 16.0. The van der Waals surface area contributed by atoms with Gasteiger partial charge in [-0.3, -0.25) is 9.67 Å². The summed E-state index contributed by atoms with van der Waals surface area (Å²) < 4.78 is 9.65. The minimum atomic E-state index is -0.102. The first-order valence-corrected chi connectivity index (χ1v) is 12.7. The number of aryl methyl sites for hydroxylation is 1. The zero-order valence-corrected chi connectivity index (χ0v) is 21.1. The van der Waals surface area contributed by atoms with E-state index in [1.54, 1.807) is 11.7 Å². The van der Waals surface area contributed by atoms with Crippen LogP contribution in [0.15, 0.2) is 42.9 Å². The largest absolute Gasteiger partial charge is 0.381 e. The number of amides is 2. The minimum Gasteiger partial charge on any atom is -0.381 e. The molecule has 2 amide bonds. The number of fused-ring (bicyclic) bond motifs is 2. The fraction of sp³-hybridized carbons (Fsp3) is 0.357. The lowest BCUT2D eigenvalue weighted by Gasteiger charge is -2.31. The number of hydrogen-bond acceptors (Lipinski definition) is 5. The molecule has 1 saturated heterocycles. The van der Waals surface area contributed by atoms with E-state index >= 15 is 0 Å². The monoisotopic (exact) mass is 495 g/mol. The molecule has 37 heavy (non-hydrogen) atoms. The number of rotatable bonds is 3. The van der Waals surface area contributed by atoms with Crippen molar-refractivity contribution in [2.75, 3.05) is 26.8 Å². The Bertz CT molecular complexity index is 1540. The fourth-order valence-corrected chi connectivity index (χ4v) is 5.82. The molecular weight excluding hydrogens is 466 g/mol. The lowest BCUT2D eigenvalue weighted by molar-refractivity contribution is 0.0685. The molecule has 1 aromatic carbocycles. The van der Waals surface area contributed by atoms with Crippen LogP contribution in [-0.4, -0.2) is 57.1 Å². The van der Waals surface area contributed by atoms with Gasteiger partial charge in [0.2, 0.25) is 0 Å². The molecule has 9 heteroatoms. The Balaban J connectivity index is 1.55. The molecule has 9 nitrogen and oxygen atoms in total. The number of nitrogens with zero attached hydrogens (tertiary/aromatic N) is 6. The van der Waals surface area contributed by atoms with E-state index in [2.05, 4.69) is 39.3 Å². The number of hydrogen-bond donors (Lipinski definition) is 1. The quantitative estimate of drug-likeness (QED) is 0.463. The van der Waals surface area contributed by atoms with E-state index in [1.165, 1.54) is 0 Å². The summed E-state index contributed by atoms with van der Waals surface area (Å²) in [5.74, 6) is 0. The molecule has 0 unspecified atom stereocenters. The topological polar surface area (TPSA) is 101 Å². The molecule has 0 bridgehead atoms. The average Bonchev–Trinajstić information content (AvgIpc) is 3.52. The summed E-state index contributed by atoms with van der Waals surface area (Å²) in [5.41, 5.74) is 6.58. The molecule has 6 rings (SSSR count). The molecule has 0 radical (unpaired) electrons. The maximum atomic E-state index is 12.6. The van der Waals surface area contributed by atoms with Crippen molar-refractivity contribution >= 4 is 16.8 Å². The van der Waals surface area contributed by atoms with Crippen LogP contribution in [0.5, 0.6) is 0 Å². The predicted octanol–water partition coefficient (Wildman–Crippen LogP) is 4.02. The molecule has 1 N–H and O–H groups in total. The van der Waals surface area contributed by atoms with Gasteiger partial charge in [-0.25, -0.2) is 4.79 Å². The van der Waals surface area contributed by atoms with Crippen molar-refractivity contribution in [2.24, 2.45) is 7.05 Å². The van der Waals surface area contributed by atoms with Crippen LogP contribution >= 0.6 is 0 Å². The third kappa shape index (κ3) is 3.94. The molecule has 1 fully saturated rings. The lowest BCUT2D eigenvalue weighted by Crippen LogP contribution is -2.41. The van der Waals surface area contributed by atoms with Crippen LogP contribution in [0.1, 0.15) is 35.8 Å². The van der Waals surface area contributed by atoms with Crippen molar-refractivity contribution in [3.05, 3.63) is 59.8 Å². The maximum absolute atomic E-state index is 12.6. The van der Waals surface area contributed by atoms with Gasteiger partial charge in [-0.15, -0.1) is 0 Å². The van der Waals surface area contributed by atoms with Gasteiger partial charge in [-0.2, -0.15) is 10.4 Å². The van der Waals surface area contributed by atoms with Crippen molar-refractivity contribution in [1.82, 2.24) is 29.5 Å². The maximum Gasteiger partial charge on any atom is 0.317 e. The van der Waals surface area contributed by atoms with Crippen molar-refractivity contribution in [1.29, 1.82) is 5.26 Å². The zero-order valence-electron chi connectivity index (χ0n) is 21.1. The summed E-state index contributed by atoms with van der Waals surface area (Å²) in [5, 5.41) is 19.6. The Labute approximate surface area is 215 Å². The van der Waals surface area contributed by atoms with Gasteiger partial charge in [0, 0.05) is 93.0 Å². The predicted molar refractivity (Wildman–Crippen MR) is 140 cm³/mol. The molecule has 2 aliphatic rings. The van der Waals surface area contributed by atoms with Gasteiger partial charge in [0.1, 0.15) is 11.8 Å². The fourth-order valence-electron chi connectivity index (χ4n) is 5.82.